The van der Waals surface area contributed by atoms with E-state index in [1.807, 2.05) is 38.1 Å². The molecule has 0 bridgehead atoms. The molecule has 1 atom stereocenters. The molecule has 1 aromatic heterocycles. The summed E-state index contributed by atoms with van der Waals surface area (Å²) in [5.41, 5.74) is 7.32. The van der Waals surface area contributed by atoms with Crippen molar-refractivity contribution in [3.63, 3.8) is 0 Å². The van der Waals surface area contributed by atoms with Gasteiger partial charge in [0.2, 0.25) is 5.91 Å². The maximum Gasteiger partial charge on any atom is 0.225 e. The van der Waals surface area contributed by atoms with Crippen molar-refractivity contribution in [1.82, 2.24) is 4.98 Å². The summed E-state index contributed by atoms with van der Waals surface area (Å²) < 4.78 is 0. The number of benzene rings is 2. The molecular weight excluding hydrogens is 414 g/mol. The average Bonchev–Trinajstić information content (AvgIpc) is 2.80. The summed E-state index contributed by atoms with van der Waals surface area (Å²) in [5.74, 6) is 1.04. The van der Waals surface area contributed by atoms with Crippen molar-refractivity contribution in [2.75, 3.05) is 11.1 Å². The first-order chi connectivity index (χ1) is 15.5. The highest BCUT2D eigenvalue weighted by molar-refractivity contribution is 7.99. The molecule has 0 aliphatic heterocycles. The first-order valence-corrected chi connectivity index (χ1v) is 12.0. The lowest BCUT2D eigenvalue weighted by molar-refractivity contribution is -0.115. The zero-order valence-corrected chi connectivity index (χ0v) is 19.3. The SMILES string of the molecule is Cc1ccc(NC(=O)CCSc2nc3c(cc2C#N)CC(c2ccccc2)CC3)c(C)c1. The van der Waals surface area contributed by atoms with Crippen LogP contribution in [-0.2, 0) is 17.6 Å². The van der Waals surface area contributed by atoms with Crippen molar-refractivity contribution in [2.24, 2.45) is 0 Å². The monoisotopic (exact) mass is 441 g/mol. The summed E-state index contributed by atoms with van der Waals surface area (Å²) in [7, 11) is 0. The van der Waals surface area contributed by atoms with Gasteiger partial charge in [0, 0.05) is 23.6 Å². The number of aromatic nitrogens is 1. The van der Waals surface area contributed by atoms with Crippen LogP contribution in [0.25, 0.3) is 0 Å². The summed E-state index contributed by atoms with van der Waals surface area (Å²) in [6.45, 7) is 4.03. The number of nitrogens with zero attached hydrogens (tertiary/aromatic N) is 2. The number of thioether (sulfide) groups is 1. The van der Waals surface area contributed by atoms with Gasteiger partial charge in [-0.2, -0.15) is 5.26 Å². The van der Waals surface area contributed by atoms with Gasteiger partial charge in [0.1, 0.15) is 11.1 Å². The fourth-order valence-electron chi connectivity index (χ4n) is 4.25. The molecule has 1 aliphatic rings. The third-order valence-corrected chi connectivity index (χ3v) is 6.96. The fourth-order valence-corrected chi connectivity index (χ4v) is 5.17. The third kappa shape index (κ3) is 5.20. The van der Waals surface area contributed by atoms with E-state index in [0.717, 1.165) is 41.2 Å². The lowest BCUT2D eigenvalue weighted by atomic mass is 9.82. The fraction of sp³-hybridized carbons (Fsp3) is 0.296. The van der Waals surface area contributed by atoms with E-state index in [1.165, 1.54) is 28.5 Å². The average molecular weight is 442 g/mol. The van der Waals surface area contributed by atoms with E-state index < -0.39 is 0 Å². The molecule has 162 valence electrons. The van der Waals surface area contributed by atoms with Gasteiger partial charge < -0.3 is 5.32 Å². The van der Waals surface area contributed by atoms with Crippen LogP contribution in [0.2, 0.25) is 0 Å². The Labute approximate surface area is 194 Å². The second-order valence-electron chi connectivity index (χ2n) is 8.37. The van der Waals surface area contributed by atoms with Crippen LogP contribution in [0, 0.1) is 25.2 Å². The number of amides is 1. The Balaban J connectivity index is 1.38. The summed E-state index contributed by atoms with van der Waals surface area (Å²) in [4.78, 5) is 17.2. The normalized spacial score (nSPS) is 15.0. The molecule has 3 aromatic rings. The molecule has 32 heavy (non-hydrogen) atoms. The van der Waals surface area contributed by atoms with E-state index in [0.29, 0.717) is 23.7 Å². The highest BCUT2D eigenvalue weighted by Gasteiger charge is 2.23. The standard InChI is InChI=1S/C27H27N3OS/c1-18-8-10-24(19(2)14-18)29-26(31)12-13-32-27-23(17-28)16-22-15-21(9-11-25(22)30-27)20-6-4-3-5-7-20/h3-8,10,14,16,21H,9,11-13,15H2,1-2H3,(H,29,31). The Hall–Kier alpha value is -3.10. The number of hydrogen-bond acceptors (Lipinski definition) is 4. The van der Waals surface area contributed by atoms with Crippen molar-refractivity contribution in [2.45, 2.75) is 50.5 Å². The molecule has 0 fully saturated rings. The summed E-state index contributed by atoms with van der Waals surface area (Å²) in [6, 6.07) is 20.9. The molecule has 0 saturated carbocycles. The minimum atomic E-state index is -0.0216. The number of rotatable bonds is 6. The second kappa shape index (κ2) is 10.0. The molecule has 1 aliphatic carbocycles. The minimum Gasteiger partial charge on any atom is -0.326 e. The summed E-state index contributed by atoms with van der Waals surface area (Å²) in [5, 5.41) is 13.4. The van der Waals surface area contributed by atoms with Crippen molar-refractivity contribution in [3.8, 4) is 6.07 Å². The zero-order valence-electron chi connectivity index (χ0n) is 18.5. The molecular formula is C27H27N3OS. The van der Waals surface area contributed by atoms with Gasteiger partial charge in [-0.05, 0) is 67.9 Å². The second-order valence-corrected chi connectivity index (χ2v) is 9.46. The molecule has 5 heteroatoms. The molecule has 0 saturated heterocycles. The number of hydrogen-bond donors (Lipinski definition) is 1. The number of carbonyl (C=O) groups excluding carboxylic acids is 1. The lowest BCUT2D eigenvalue weighted by Gasteiger charge is -2.25. The highest BCUT2D eigenvalue weighted by atomic mass is 32.2. The molecule has 4 rings (SSSR count). The smallest absolute Gasteiger partial charge is 0.225 e. The number of nitriles is 1. The van der Waals surface area contributed by atoms with E-state index in [-0.39, 0.29) is 5.91 Å². The molecule has 1 unspecified atom stereocenters. The molecule has 1 heterocycles. The number of fused-ring (bicyclic) bond motifs is 1. The van der Waals surface area contributed by atoms with Gasteiger partial charge >= 0.3 is 0 Å². The number of aryl methyl sites for hydroxylation is 3. The van der Waals surface area contributed by atoms with E-state index in [9.17, 15) is 10.1 Å². The molecule has 1 amide bonds. The van der Waals surface area contributed by atoms with Crippen molar-refractivity contribution in [3.05, 3.63) is 88.1 Å². The number of carbonyl (C=O) groups is 1. The number of anilines is 1. The van der Waals surface area contributed by atoms with Crippen LogP contribution in [0.4, 0.5) is 5.69 Å². The van der Waals surface area contributed by atoms with Gasteiger partial charge in [0.05, 0.1) is 5.56 Å². The van der Waals surface area contributed by atoms with Gasteiger partial charge in [-0.3, -0.25) is 4.79 Å². The lowest BCUT2D eigenvalue weighted by Crippen LogP contribution is -2.15. The van der Waals surface area contributed by atoms with E-state index in [2.05, 4.69) is 41.7 Å². The Morgan fingerprint density at radius 1 is 1.19 bits per heavy atom. The molecule has 4 nitrogen and oxygen atoms in total. The Bertz CT molecular complexity index is 1170. The summed E-state index contributed by atoms with van der Waals surface area (Å²) >= 11 is 1.49. The maximum atomic E-state index is 12.4. The zero-order chi connectivity index (χ0) is 22.5. The van der Waals surface area contributed by atoms with Crippen molar-refractivity contribution in [1.29, 1.82) is 5.26 Å². The van der Waals surface area contributed by atoms with Crippen LogP contribution in [0.5, 0.6) is 0 Å². The van der Waals surface area contributed by atoms with Gasteiger partial charge in [-0.1, -0.05) is 48.0 Å². The summed E-state index contributed by atoms with van der Waals surface area (Å²) in [6.07, 6.45) is 3.28. The van der Waals surface area contributed by atoms with Crippen LogP contribution < -0.4 is 5.32 Å². The van der Waals surface area contributed by atoms with Crippen LogP contribution in [0.1, 0.15) is 52.3 Å². The number of nitrogens with one attached hydrogen (secondary N) is 1. The first-order valence-electron chi connectivity index (χ1n) is 11.0. The van der Waals surface area contributed by atoms with Gasteiger partial charge in [-0.15, -0.1) is 11.8 Å². The van der Waals surface area contributed by atoms with Gasteiger partial charge in [0.15, 0.2) is 0 Å². The van der Waals surface area contributed by atoms with Crippen LogP contribution in [0.3, 0.4) is 0 Å². The van der Waals surface area contributed by atoms with E-state index >= 15 is 0 Å². The predicted octanol–water partition coefficient (Wildman–Crippen LogP) is 5.96. The van der Waals surface area contributed by atoms with Gasteiger partial charge in [0.25, 0.3) is 0 Å². The Morgan fingerprint density at radius 2 is 2.00 bits per heavy atom. The Morgan fingerprint density at radius 3 is 2.75 bits per heavy atom. The molecule has 0 spiro atoms. The van der Waals surface area contributed by atoms with Crippen LogP contribution in [-0.4, -0.2) is 16.6 Å². The first kappa shape index (κ1) is 22.1. The van der Waals surface area contributed by atoms with Crippen LogP contribution in [0.15, 0.2) is 59.6 Å². The third-order valence-electron chi connectivity index (χ3n) is 5.97. The largest absolute Gasteiger partial charge is 0.326 e. The highest BCUT2D eigenvalue weighted by Crippen LogP contribution is 2.34. The van der Waals surface area contributed by atoms with Crippen molar-refractivity contribution >= 4 is 23.4 Å². The van der Waals surface area contributed by atoms with E-state index in [1.54, 1.807) is 0 Å². The minimum absolute atomic E-state index is 0.0216. The quantitative estimate of drug-likeness (QED) is 0.479. The predicted molar refractivity (Wildman–Crippen MR) is 130 cm³/mol. The van der Waals surface area contributed by atoms with E-state index in [4.69, 9.17) is 4.98 Å². The maximum absolute atomic E-state index is 12.4. The Kier molecular flexibility index (Phi) is 6.92. The number of pyridine rings is 1. The van der Waals surface area contributed by atoms with Crippen LogP contribution >= 0.6 is 11.8 Å². The van der Waals surface area contributed by atoms with Gasteiger partial charge in [-0.25, -0.2) is 4.98 Å². The topological polar surface area (TPSA) is 65.8 Å². The van der Waals surface area contributed by atoms with Crippen molar-refractivity contribution < 1.29 is 4.79 Å². The molecule has 2 aromatic carbocycles. The molecule has 0 radical (unpaired) electrons. The molecule has 1 N–H and O–H groups in total.